The fourth-order valence-electron chi connectivity index (χ4n) is 3.80. The van der Waals surface area contributed by atoms with E-state index in [-0.39, 0.29) is 16.8 Å². The minimum atomic E-state index is -3.53. The number of sulfonamides is 1. The quantitative estimate of drug-likeness (QED) is 0.712. The average molecular weight is 458 g/mol. The van der Waals surface area contributed by atoms with E-state index >= 15 is 0 Å². The molecule has 0 spiro atoms. The maximum Gasteiger partial charge on any atom is 0.252 e. The molecule has 0 unspecified atom stereocenters. The Kier molecular flexibility index (Phi) is 6.94. The van der Waals surface area contributed by atoms with Crippen LogP contribution in [-0.2, 0) is 10.0 Å². The molecule has 1 N–H and O–H groups in total. The molecule has 0 aliphatic carbocycles. The second kappa shape index (κ2) is 9.03. The van der Waals surface area contributed by atoms with E-state index in [2.05, 4.69) is 33.1 Å². The zero-order valence-corrected chi connectivity index (χ0v) is 18.2. The average Bonchev–Trinajstić information content (AvgIpc) is 3.19. The maximum atomic E-state index is 12.8. The fraction of sp³-hybridized carbons (Fsp3) is 0.632. The van der Waals surface area contributed by atoms with Crippen molar-refractivity contribution in [2.24, 2.45) is 0 Å². The van der Waals surface area contributed by atoms with Crippen LogP contribution in [0.3, 0.4) is 0 Å². The first-order valence-corrected chi connectivity index (χ1v) is 12.0. The summed E-state index contributed by atoms with van der Waals surface area (Å²) in [6.07, 6.45) is 4.77. The molecule has 0 aromatic heterocycles. The summed E-state index contributed by atoms with van der Waals surface area (Å²) in [7, 11) is -3.53. The molecule has 2 heterocycles. The molecule has 2 saturated heterocycles. The van der Waals surface area contributed by atoms with Crippen molar-refractivity contribution >= 4 is 31.9 Å². The van der Waals surface area contributed by atoms with E-state index in [0.29, 0.717) is 23.1 Å². The van der Waals surface area contributed by atoms with Crippen molar-refractivity contribution in [3.8, 4) is 0 Å². The monoisotopic (exact) mass is 457 g/mol. The number of piperidine rings is 1. The lowest BCUT2D eigenvalue weighted by molar-refractivity contribution is 0.0910. The molecule has 0 atom stereocenters. The van der Waals surface area contributed by atoms with E-state index in [1.165, 1.54) is 10.4 Å². The molecule has 6 nitrogen and oxygen atoms in total. The molecule has 27 heavy (non-hydrogen) atoms. The summed E-state index contributed by atoms with van der Waals surface area (Å²) in [5.41, 5.74) is 0.381. The number of hydrogen-bond acceptors (Lipinski definition) is 4. The van der Waals surface area contributed by atoms with Crippen LogP contribution in [0.2, 0.25) is 0 Å². The topological polar surface area (TPSA) is 69.7 Å². The third-order valence-electron chi connectivity index (χ3n) is 5.35. The second-order valence-electron chi connectivity index (χ2n) is 7.34. The standard InChI is InChI=1S/C19H28BrN3O3S/c1-2-9-22-12-7-15(8-13-22)21-19(24)17-14-16(5-6-18(17)20)27(25,26)23-10-3-4-11-23/h5-6,14-15H,2-4,7-13H2,1H3,(H,21,24). The van der Waals surface area contributed by atoms with E-state index in [9.17, 15) is 13.2 Å². The van der Waals surface area contributed by atoms with Gasteiger partial charge >= 0.3 is 0 Å². The van der Waals surface area contributed by atoms with Crippen molar-refractivity contribution in [1.82, 2.24) is 14.5 Å². The summed E-state index contributed by atoms with van der Waals surface area (Å²) in [6, 6.07) is 4.86. The molecule has 1 aromatic rings. The number of hydrogen-bond donors (Lipinski definition) is 1. The molecule has 0 saturated carbocycles. The number of carbonyl (C=O) groups is 1. The molecular formula is C19H28BrN3O3S. The molecule has 2 aliphatic heterocycles. The van der Waals surface area contributed by atoms with E-state index in [4.69, 9.17) is 0 Å². The molecule has 2 aliphatic rings. The van der Waals surface area contributed by atoms with Crippen LogP contribution in [0.25, 0.3) is 0 Å². The first-order chi connectivity index (χ1) is 12.9. The Balaban J connectivity index is 1.70. The van der Waals surface area contributed by atoms with Gasteiger partial charge in [0.25, 0.3) is 5.91 Å². The van der Waals surface area contributed by atoms with Crippen LogP contribution in [0, 0.1) is 0 Å². The van der Waals surface area contributed by atoms with Gasteiger partial charge in [0.15, 0.2) is 0 Å². The SMILES string of the molecule is CCCN1CCC(NC(=O)c2cc(S(=O)(=O)N3CCCC3)ccc2Br)CC1. The third-order valence-corrected chi connectivity index (χ3v) is 7.93. The van der Waals surface area contributed by atoms with Crippen LogP contribution in [0.5, 0.6) is 0 Å². The largest absolute Gasteiger partial charge is 0.349 e. The number of nitrogens with zero attached hydrogens (tertiary/aromatic N) is 2. The van der Waals surface area contributed by atoms with Crippen molar-refractivity contribution in [3.05, 3.63) is 28.2 Å². The Morgan fingerprint density at radius 2 is 1.85 bits per heavy atom. The molecule has 0 bridgehead atoms. The highest BCUT2D eigenvalue weighted by Crippen LogP contribution is 2.26. The maximum absolute atomic E-state index is 12.8. The molecule has 150 valence electrons. The van der Waals surface area contributed by atoms with Crippen molar-refractivity contribution in [2.75, 3.05) is 32.7 Å². The van der Waals surface area contributed by atoms with Gasteiger partial charge in [0.2, 0.25) is 10.0 Å². The Hall–Kier alpha value is -0.960. The van der Waals surface area contributed by atoms with Gasteiger partial charge in [-0.15, -0.1) is 0 Å². The van der Waals surface area contributed by atoms with Gasteiger partial charge in [-0.1, -0.05) is 6.92 Å². The van der Waals surface area contributed by atoms with E-state index in [1.54, 1.807) is 12.1 Å². The first kappa shape index (κ1) is 20.8. The number of halogens is 1. The highest BCUT2D eigenvalue weighted by molar-refractivity contribution is 9.10. The normalized spacial score (nSPS) is 20.1. The zero-order chi connectivity index (χ0) is 19.4. The van der Waals surface area contributed by atoms with Gasteiger partial charge in [0.05, 0.1) is 10.5 Å². The van der Waals surface area contributed by atoms with Gasteiger partial charge in [-0.3, -0.25) is 4.79 Å². The number of likely N-dealkylation sites (tertiary alicyclic amines) is 1. The predicted molar refractivity (Wildman–Crippen MR) is 109 cm³/mol. The Morgan fingerprint density at radius 3 is 2.48 bits per heavy atom. The number of rotatable bonds is 6. The number of amides is 1. The lowest BCUT2D eigenvalue weighted by Gasteiger charge is -2.32. The van der Waals surface area contributed by atoms with Crippen molar-refractivity contribution < 1.29 is 13.2 Å². The zero-order valence-electron chi connectivity index (χ0n) is 15.8. The highest BCUT2D eigenvalue weighted by Gasteiger charge is 2.29. The van der Waals surface area contributed by atoms with E-state index < -0.39 is 10.0 Å². The molecule has 8 heteroatoms. The summed E-state index contributed by atoms with van der Waals surface area (Å²) < 4.78 is 27.7. The fourth-order valence-corrected chi connectivity index (χ4v) is 5.77. The number of carbonyl (C=O) groups excluding carboxylic acids is 1. The molecule has 3 rings (SSSR count). The Labute approximate surface area is 170 Å². The highest BCUT2D eigenvalue weighted by atomic mass is 79.9. The number of benzene rings is 1. The number of nitrogens with one attached hydrogen (secondary N) is 1. The van der Waals surface area contributed by atoms with E-state index in [0.717, 1.165) is 51.7 Å². The van der Waals surface area contributed by atoms with Crippen LogP contribution in [0.4, 0.5) is 0 Å². The van der Waals surface area contributed by atoms with Gasteiger partial charge in [-0.2, -0.15) is 4.31 Å². The van der Waals surface area contributed by atoms with Crippen LogP contribution >= 0.6 is 15.9 Å². The van der Waals surface area contributed by atoms with Crippen LogP contribution in [0.1, 0.15) is 49.4 Å². The third kappa shape index (κ3) is 4.91. The van der Waals surface area contributed by atoms with Crippen molar-refractivity contribution in [1.29, 1.82) is 0 Å². The second-order valence-corrected chi connectivity index (χ2v) is 10.1. The molecule has 2 fully saturated rings. The van der Waals surface area contributed by atoms with E-state index in [1.807, 2.05) is 0 Å². The van der Waals surface area contributed by atoms with Gasteiger partial charge in [0.1, 0.15) is 0 Å². The summed E-state index contributed by atoms with van der Waals surface area (Å²) in [4.78, 5) is 15.4. The van der Waals surface area contributed by atoms with Gasteiger partial charge < -0.3 is 10.2 Å². The van der Waals surface area contributed by atoms with Crippen molar-refractivity contribution in [2.45, 2.75) is 50.0 Å². The lowest BCUT2D eigenvalue weighted by Crippen LogP contribution is -2.44. The Bertz CT molecular complexity index is 770. The molecule has 1 aromatic carbocycles. The molecule has 0 radical (unpaired) electrons. The lowest BCUT2D eigenvalue weighted by atomic mass is 10.0. The van der Waals surface area contributed by atoms with Crippen LogP contribution < -0.4 is 5.32 Å². The Morgan fingerprint density at radius 1 is 1.19 bits per heavy atom. The van der Waals surface area contributed by atoms with Crippen molar-refractivity contribution in [3.63, 3.8) is 0 Å². The molecule has 1 amide bonds. The summed E-state index contributed by atoms with van der Waals surface area (Å²) in [5.74, 6) is -0.214. The van der Waals surface area contributed by atoms with Crippen LogP contribution in [0.15, 0.2) is 27.6 Å². The predicted octanol–water partition coefficient (Wildman–Crippen LogP) is 2.84. The minimum absolute atomic E-state index is 0.136. The van der Waals surface area contributed by atoms with Gasteiger partial charge in [0, 0.05) is 36.7 Å². The smallest absolute Gasteiger partial charge is 0.252 e. The summed E-state index contributed by atoms with van der Waals surface area (Å²) >= 11 is 3.40. The van der Waals surface area contributed by atoms with Crippen LogP contribution in [-0.4, -0.2) is 62.3 Å². The first-order valence-electron chi connectivity index (χ1n) is 9.74. The minimum Gasteiger partial charge on any atom is -0.349 e. The molecular weight excluding hydrogens is 430 g/mol. The summed E-state index contributed by atoms with van der Waals surface area (Å²) in [6.45, 7) is 6.36. The summed E-state index contributed by atoms with van der Waals surface area (Å²) in [5, 5.41) is 3.08. The van der Waals surface area contributed by atoms with Gasteiger partial charge in [-0.25, -0.2) is 8.42 Å². The van der Waals surface area contributed by atoms with Gasteiger partial charge in [-0.05, 0) is 72.8 Å².